The highest BCUT2D eigenvalue weighted by Crippen LogP contribution is 2.23. The molecule has 0 saturated carbocycles. The predicted molar refractivity (Wildman–Crippen MR) is 115 cm³/mol. The zero-order chi connectivity index (χ0) is 19.1. The van der Waals surface area contributed by atoms with Gasteiger partial charge in [-0.25, -0.2) is 0 Å². The van der Waals surface area contributed by atoms with Crippen molar-refractivity contribution in [2.24, 2.45) is 0 Å². The molecule has 0 bridgehead atoms. The lowest BCUT2D eigenvalue weighted by Gasteiger charge is -2.20. The van der Waals surface area contributed by atoms with Gasteiger partial charge in [-0.1, -0.05) is 90.0 Å². The van der Waals surface area contributed by atoms with Crippen molar-refractivity contribution in [2.45, 2.75) is 25.6 Å². The Labute approximate surface area is 166 Å². The summed E-state index contributed by atoms with van der Waals surface area (Å²) in [6, 6.07) is 26.8. The molecular weight excluding hydrogens is 350 g/mol. The highest BCUT2D eigenvalue weighted by Gasteiger charge is 2.16. The number of carbonyl (C=O) groups excluding carboxylic acids is 1. The number of aryl methyl sites for hydroxylation is 2. The number of nitrogens with one attached hydrogen (secondary N) is 1. The van der Waals surface area contributed by atoms with Gasteiger partial charge in [0.15, 0.2) is 0 Å². The zero-order valence-electron chi connectivity index (χ0n) is 15.8. The fraction of sp³-hybridized carbons (Fsp3) is 0.208. The summed E-state index contributed by atoms with van der Waals surface area (Å²) in [6.45, 7) is 4.15. The Hall–Kier alpha value is -2.52. The first-order valence-corrected chi connectivity index (χ1v) is 10.3. The third kappa shape index (κ3) is 5.73. The number of thioether (sulfide) groups is 1. The van der Waals surface area contributed by atoms with Gasteiger partial charge < -0.3 is 5.32 Å². The second kappa shape index (κ2) is 9.43. The molecule has 0 heterocycles. The minimum Gasteiger partial charge on any atom is -0.344 e. The largest absolute Gasteiger partial charge is 0.344 e. The lowest BCUT2D eigenvalue weighted by molar-refractivity contribution is -0.119. The third-order valence-corrected chi connectivity index (χ3v) is 5.48. The molecule has 0 fully saturated rings. The van der Waals surface area contributed by atoms with Gasteiger partial charge in [0.1, 0.15) is 0 Å². The van der Waals surface area contributed by atoms with Gasteiger partial charge in [-0.3, -0.25) is 4.79 Å². The molecule has 3 rings (SSSR count). The Morgan fingerprint density at radius 3 is 2.00 bits per heavy atom. The molecule has 1 amide bonds. The van der Waals surface area contributed by atoms with E-state index in [1.165, 1.54) is 16.7 Å². The maximum atomic E-state index is 12.6. The molecule has 0 radical (unpaired) electrons. The zero-order valence-corrected chi connectivity index (χ0v) is 16.6. The molecule has 1 unspecified atom stereocenters. The normalized spacial score (nSPS) is 11.8. The highest BCUT2D eigenvalue weighted by atomic mass is 32.2. The Kier molecular flexibility index (Phi) is 6.72. The van der Waals surface area contributed by atoms with E-state index in [-0.39, 0.29) is 11.9 Å². The van der Waals surface area contributed by atoms with Gasteiger partial charge in [0.05, 0.1) is 11.8 Å². The van der Waals surface area contributed by atoms with Gasteiger partial charge >= 0.3 is 0 Å². The van der Waals surface area contributed by atoms with Crippen molar-refractivity contribution in [1.82, 2.24) is 5.32 Å². The topological polar surface area (TPSA) is 29.1 Å². The Balaban J connectivity index is 1.63. The average molecular weight is 376 g/mol. The van der Waals surface area contributed by atoms with Crippen LogP contribution in [0, 0.1) is 13.8 Å². The van der Waals surface area contributed by atoms with Crippen LogP contribution in [0.1, 0.15) is 33.9 Å². The van der Waals surface area contributed by atoms with Crippen molar-refractivity contribution < 1.29 is 4.79 Å². The van der Waals surface area contributed by atoms with Crippen molar-refractivity contribution in [3.05, 3.63) is 107 Å². The molecule has 2 nitrogen and oxygen atoms in total. The van der Waals surface area contributed by atoms with Crippen LogP contribution in [-0.4, -0.2) is 11.7 Å². The lowest BCUT2D eigenvalue weighted by Crippen LogP contribution is -2.30. The Morgan fingerprint density at radius 1 is 0.815 bits per heavy atom. The van der Waals surface area contributed by atoms with E-state index in [0.717, 1.165) is 16.9 Å². The fourth-order valence-electron chi connectivity index (χ4n) is 2.91. The van der Waals surface area contributed by atoms with Crippen molar-refractivity contribution >= 4 is 17.7 Å². The van der Waals surface area contributed by atoms with Crippen molar-refractivity contribution in [3.8, 4) is 0 Å². The predicted octanol–water partition coefficient (Wildman–Crippen LogP) is 5.44. The van der Waals surface area contributed by atoms with Crippen molar-refractivity contribution in [1.29, 1.82) is 0 Å². The SMILES string of the molecule is Cc1ccc(CSCC(=O)NC(c2ccccc2)c2ccc(C)cc2)cc1. The number of amides is 1. The molecule has 0 aliphatic carbocycles. The third-order valence-electron chi connectivity index (χ3n) is 4.47. The van der Waals surface area contributed by atoms with Crippen LogP contribution in [0.2, 0.25) is 0 Å². The second-order valence-electron chi connectivity index (χ2n) is 6.80. The van der Waals surface area contributed by atoms with Gasteiger partial charge in [0.2, 0.25) is 5.91 Å². The molecule has 27 heavy (non-hydrogen) atoms. The van der Waals surface area contributed by atoms with E-state index in [9.17, 15) is 4.79 Å². The minimum atomic E-state index is -0.126. The van der Waals surface area contributed by atoms with Crippen LogP contribution in [0.15, 0.2) is 78.9 Å². The maximum Gasteiger partial charge on any atom is 0.230 e. The Morgan fingerprint density at radius 2 is 1.37 bits per heavy atom. The van der Waals surface area contributed by atoms with Gasteiger partial charge in [-0.15, -0.1) is 11.8 Å². The summed E-state index contributed by atoms with van der Waals surface area (Å²) >= 11 is 1.64. The summed E-state index contributed by atoms with van der Waals surface area (Å²) in [5.74, 6) is 1.35. The van der Waals surface area contributed by atoms with E-state index in [0.29, 0.717) is 5.75 Å². The van der Waals surface area contributed by atoms with E-state index < -0.39 is 0 Å². The highest BCUT2D eigenvalue weighted by molar-refractivity contribution is 7.99. The summed E-state index contributed by atoms with van der Waals surface area (Å²) in [5.41, 5.74) is 5.91. The van der Waals surface area contributed by atoms with Gasteiger partial charge in [-0.05, 0) is 30.5 Å². The number of rotatable bonds is 7. The fourth-order valence-corrected chi connectivity index (χ4v) is 3.71. The number of benzene rings is 3. The lowest BCUT2D eigenvalue weighted by atomic mass is 9.98. The second-order valence-corrected chi connectivity index (χ2v) is 7.79. The molecule has 0 aliphatic rings. The maximum absolute atomic E-state index is 12.6. The van der Waals surface area contributed by atoms with E-state index in [1.807, 2.05) is 18.2 Å². The molecule has 138 valence electrons. The quantitative estimate of drug-likeness (QED) is 0.595. The molecule has 3 heteroatoms. The van der Waals surface area contributed by atoms with Gasteiger partial charge in [0, 0.05) is 5.75 Å². The first kappa shape index (κ1) is 19.2. The Bertz CT molecular complexity index is 857. The number of hydrogen-bond donors (Lipinski definition) is 1. The van der Waals surface area contributed by atoms with Gasteiger partial charge in [-0.2, -0.15) is 0 Å². The van der Waals surface area contributed by atoms with Crippen LogP contribution in [0.3, 0.4) is 0 Å². The molecular formula is C24H25NOS. The van der Waals surface area contributed by atoms with E-state index in [1.54, 1.807) is 11.8 Å². The first-order valence-electron chi connectivity index (χ1n) is 9.16. The number of carbonyl (C=O) groups is 1. The monoisotopic (exact) mass is 375 g/mol. The van der Waals surface area contributed by atoms with Crippen LogP contribution in [-0.2, 0) is 10.5 Å². The van der Waals surface area contributed by atoms with Gasteiger partial charge in [0.25, 0.3) is 0 Å². The van der Waals surface area contributed by atoms with Crippen molar-refractivity contribution in [3.63, 3.8) is 0 Å². The van der Waals surface area contributed by atoms with E-state index in [2.05, 4.69) is 79.8 Å². The van der Waals surface area contributed by atoms with Crippen molar-refractivity contribution in [2.75, 3.05) is 5.75 Å². The molecule has 0 saturated heterocycles. The molecule has 3 aromatic rings. The molecule has 3 aromatic carbocycles. The van der Waals surface area contributed by atoms with Crippen LogP contribution in [0.5, 0.6) is 0 Å². The van der Waals surface area contributed by atoms with E-state index >= 15 is 0 Å². The molecule has 0 aromatic heterocycles. The molecule has 0 aliphatic heterocycles. The minimum absolute atomic E-state index is 0.0570. The van der Waals surface area contributed by atoms with Crippen LogP contribution < -0.4 is 5.32 Å². The summed E-state index contributed by atoms with van der Waals surface area (Å²) < 4.78 is 0. The smallest absolute Gasteiger partial charge is 0.230 e. The summed E-state index contributed by atoms with van der Waals surface area (Å²) in [7, 11) is 0. The molecule has 1 atom stereocenters. The first-order chi connectivity index (χ1) is 13.1. The van der Waals surface area contributed by atoms with Crippen LogP contribution in [0.4, 0.5) is 0 Å². The van der Waals surface area contributed by atoms with E-state index in [4.69, 9.17) is 0 Å². The van der Waals surface area contributed by atoms with Crippen LogP contribution in [0.25, 0.3) is 0 Å². The number of hydrogen-bond acceptors (Lipinski definition) is 2. The summed E-state index contributed by atoms with van der Waals surface area (Å²) in [6.07, 6.45) is 0. The average Bonchev–Trinajstić information content (AvgIpc) is 2.69. The van der Waals surface area contributed by atoms with Crippen LogP contribution >= 0.6 is 11.8 Å². The standard InChI is InChI=1S/C24H25NOS/c1-18-8-12-20(13-9-18)16-27-17-23(26)25-24(21-6-4-3-5-7-21)22-14-10-19(2)11-15-22/h3-15,24H,16-17H2,1-2H3,(H,25,26). The molecule has 1 N–H and O–H groups in total. The summed E-state index contributed by atoms with van der Waals surface area (Å²) in [5, 5.41) is 3.20. The summed E-state index contributed by atoms with van der Waals surface area (Å²) in [4.78, 5) is 12.6. The molecule has 0 spiro atoms.